The second kappa shape index (κ2) is 8.66. The Labute approximate surface area is 164 Å². The minimum Gasteiger partial charge on any atom is -0.462 e. The summed E-state index contributed by atoms with van der Waals surface area (Å²) >= 11 is 0. The van der Waals surface area contributed by atoms with E-state index in [2.05, 4.69) is 25.7 Å². The van der Waals surface area contributed by atoms with Gasteiger partial charge >= 0.3 is 12.1 Å². The average Bonchev–Trinajstić information content (AvgIpc) is 2.53. The van der Waals surface area contributed by atoms with Crippen LogP contribution < -0.4 is 5.32 Å². The molecule has 0 aromatic rings. The largest absolute Gasteiger partial charge is 0.462 e. The predicted molar refractivity (Wildman–Crippen MR) is 106 cm³/mol. The van der Waals surface area contributed by atoms with E-state index in [1.807, 2.05) is 20.8 Å². The van der Waals surface area contributed by atoms with E-state index in [-0.39, 0.29) is 24.2 Å². The van der Waals surface area contributed by atoms with Crippen molar-refractivity contribution in [2.75, 3.05) is 0 Å². The Kier molecular flexibility index (Phi) is 6.98. The van der Waals surface area contributed by atoms with Crippen LogP contribution in [-0.4, -0.2) is 29.8 Å². The molecular formula is C22H37NO4. The van der Waals surface area contributed by atoms with Gasteiger partial charge in [-0.2, -0.15) is 0 Å². The molecule has 0 aromatic heterocycles. The van der Waals surface area contributed by atoms with Crippen molar-refractivity contribution in [3.05, 3.63) is 12.2 Å². The summed E-state index contributed by atoms with van der Waals surface area (Å²) in [6.45, 7) is 14.0. The van der Waals surface area contributed by atoms with E-state index < -0.39 is 11.0 Å². The topological polar surface area (TPSA) is 64.6 Å². The third-order valence-corrected chi connectivity index (χ3v) is 5.74. The molecule has 154 valence electrons. The van der Waals surface area contributed by atoms with Gasteiger partial charge in [-0.05, 0) is 78.1 Å². The Balaban J connectivity index is 1.83. The highest BCUT2D eigenvalue weighted by molar-refractivity contribution is 5.77. The summed E-state index contributed by atoms with van der Waals surface area (Å²) in [4.78, 5) is 24.9. The Morgan fingerprint density at radius 3 is 2.37 bits per heavy atom. The van der Waals surface area contributed by atoms with Crippen molar-refractivity contribution >= 4 is 12.1 Å². The quantitative estimate of drug-likeness (QED) is 0.543. The van der Waals surface area contributed by atoms with Gasteiger partial charge in [-0.25, -0.2) is 4.79 Å². The maximum Gasteiger partial charge on any atom is 0.407 e. The molecule has 0 radical (unpaired) electrons. The zero-order chi connectivity index (χ0) is 20.2. The van der Waals surface area contributed by atoms with Crippen LogP contribution in [0.25, 0.3) is 0 Å². The number of carbonyl (C=O) groups is 2. The maximum atomic E-state index is 13.0. The Morgan fingerprint density at radius 2 is 1.85 bits per heavy atom. The number of ether oxygens (including phenoxy) is 2. The molecule has 5 nitrogen and oxygen atoms in total. The fourth-order valence-electron chi connectivity index (χ4n) is 4.50. The van der Waals surface area contributed by atoms with E-state index in [0.717, 1.165) is 56.9 Å². The Bertz CT molecular complexity index is 557. The fraction of sp³-hybridized carbons (Fsp3) is 0.818. The van der Waals surface area contributed by atoms with Gasteiger partial charge in [-0.15, -0.1) is 0 Å². The van der Waals surface area contributed by atoms with Crippen LogP contribution in [0.3, 0.4) is 0 Å². The number of hydrogen-bond acceptors (Lipinski definition) is 4. The maximum absolute atomic E-state index is 13.0. The summed E-state index contributed by atoms with van der Waals surface area (Å²) in [6, 6.07) is 0.0874. The first-order valence-corrected chi connectivity index (χ1v) is 10.4. The van der Waals surface area contributed by atoms with Gasteiger partial charge in [-0.3, -0.25) is 4.79 Å². The average molecular weight is 380 g/mol. The summed E-state index contributed by atoms with van der Waals surface area (Å²) < 4.78 is 11.2. The van der Waals surface area contributed by atoms with Crippen LogP contribution in [0.5, 0.6) is 0 Å². The zero-order valence-electron chi connectivity index (χ0n) is 17.7. The molecule has 0 aliphatic heterocycles. The normalized spacial score (nSPS) is 31.9. The molecular weight excluding hydrogens is 342 g/mol. The first kappa shape index (κ1) is 21.8. The van der Waals surface area contributed by atoms with Gasteiger partial charge in [-0.1, -0.05) is 26.0 Å². The van der Waals surface area contributed by atoms with Crippen LogP contribution in [0.1, 0.15) is 86.0 Å². The van der Waals surface area contributed by atoms with E-state index in [1.165, 1.54) is 0 Å². The summed E-state index contributed by atoms with van der Waals surface area (Å²) in [5.41, 5.74) is 0.269. The van der Waals surface area contributed by atoms with E-state index in [0.29, 0.717) is 5.92 Å². The molecule has 27 heavy (non-hydrogen) atoms. The number of carbonyl (C=O) groups excluding carboxylic acids is 2. The van der Waals surface area contributed by atoms with Crippen LogP contribution in [0.2, 0.25) is 0 Å². The smallest absolute Gasteiger partial charge is 0.407 e. The number of rotatable bonds is 4. The van der Waals surface area contributed by atoms with Crippen LogP contribution in [-0.2, 0) is 14.3 Å². The lowest BCUT2D eigenvalue weighted by atomic mass is 9.67. The SMILES string of the molecule is C=C1CC(C)CC(CC)(C(=O)OC2CCC(NC(=O)OC(C)(C)C)CC2)C1. The molecule has 1 N–H and O–H groups in total. The van der Waals surface area contributed by atoms with E-state index >= 15 is 0 Å². The molecule has 2 rings (SSSR count). The van der Waals surface area contributed by atoms with Crippen molar-refractivity contribution in [1.29, 1.82) is 0 Å². The molecule has 0 saturated heterocycles. The summed E-state index contributed by atoms with van der Waals surface area (Å²) in [5.74, 6) is 0.425. The number of allylic oxidation sites excluding steroid dienone is 1. The molecule has 0 aromatic carbocycles. The Hall–Kier alpha value is -1.52. The third-order valence-electron chi connectivity index (χ3n) is 5.74. The lowest BCUT2D eigenvalue weighted by Crippen LogP contribution is -2.43. The number of alkyl carbamates (subject to hydrolysis) is 1. The van der Waals surface area contributed by atoms with Crippen molar-refractivity contribution in [2.24, 2.45) is 11.3 Å². The van der Waals surface area contributed by atoms with Gasteiger partial charge in [0.1, 0.15) is 11.7 Å². The summed E-state index contributed by atoms with van der Waals surface area (Å²) in [6.07, 6.45) is 6.19. The first-order chi connectivity index (χ1) is 12.5. The molecule has 0 bridgehead atoms. The van der Waals surface area contributed by atoms with Gasteiger partial charge in [0.25, 0.3) is 0 Å². The van der Waals surface area contributed by atoms with E-state index in [9.17, 15) is 9.59 Å². The third kappa shape index (κ3) is 6.25. The predicted octanol–water partition coefficient (Wildman–Crippen LogP) is 5.14. The molecule has 0 spiro atoms. The van der Waals surface area contributed by atoms with Crippen LogP contribution in [0.15, 0.2) is 12.2 Å². The number of amides is 1. The van der Waals surface area contributed by atoms with Crippen molar-refractivity contribution < 1.29 is 19.1 Å². The second-order valence-corrected chi connectivity index (χ2v) is 9.60. The van der Waals surface area contributed by atoms with Crippen molar-refractivity contribution in [3.63, 3.8) is 0 Å². The van der Waals surface area contributed by atoms with Crippen molar-refractivity contribution in [3.8, 4) is 0 Å². The minimum absolute atomic E-state index is 0.0527. The van der Waals surface area contributed by atoms with Gasteiger partial charge in [0.15, 0.2) is 0 Å². The van der Waals surface area contributed by atoms with Crippen LogP contribution in [0.4, 0.5) is 4.79 Å². The first-order valence-electron chi connectivity index (χ1n) is 10.4. The number of nitrogens with one attached hydrogen (secondary N) is 1. The molecule has 2 aliphatic rings. The molecule has 1 amide bonds. The minimum atomic E-state index is -0.494. The van der Waals surface area contributed by atoms with Gasteiger partial charge in [0.2, 0.25) is 0 Å². The highest BCUT2D eigenvalue weighted by atomic mass is 16.6. The molecule has 0 heterocycles. The Morgan fingerprint density at radius 1 is 1.22 bits per heavy atom. The fourth-order valence-corrected chi connectivity index (χ4v) is 4.50. The molecule has 2 unspecified atom stereocenters. The summed E-state index contributed by atoms with van der Waals surface area (Å²) in [7, 11) is 0. The molecule has 2 fully saturated rings. The molecule has 2 aliphatic carbocycles. The standard InChI is InChI=1S/C22H37NO4/c1-7-22(13-15(2)12-16(3)14-22)19(24)26-18-10-8-17(9-11-18)23-20(25)27-21(4,5)6/h16-18H,2,7-14H2,1,3-6H3,(H,23,25). The molecule has 5 heteroatoms. The van der Waals surface area contributed by atoms with Crippen molar-refractivity contribution in [1.82, 2.24) is 5.32 Å². The van der Waals surface area contributed by atoms with E-state index in [1.54, 1.807) is 0 Å². The molecule has 2 atom stereocenters. The van der Waals surface area contributed by atoms with Gasteiger partial charge in [0.05, 0.1) is 5.41 Å². The van der Waals surface area contributed by atoms with Crippen LogP contribution in [0, 0.1) is 11.3 Å². The summed E-state index contributed by atoms with van der Waals surface area (Å²) in [5, 5.41) is 2.93. The molecule has 2 saturated carbocycles. The van der Waals surface area contributed by atoms with Gasteiger partial charge in [0, 0.05) is 6.04 Å². The van der Waals surface area contributed by atoms with E-state index in [4.69, 9.17) is 9.47 Å². The lowest BCUT2D eigenvalue weighted by molar-refractivity contribution is -0.165. The zero-order valence-corrected chi connectivity index (χ0v) is 17.7. The van der Waals surface area contributed by atoms with Crippen LogP contribution >= 0.6 is 0 Å². The number of hydrogen-bond donors (Lipinski definition) is 1. The lowest BCUT2D eigenvalue weighted by Gasteiger charge is -2.40. The monoisotopic (exact) mass is 379 g/mol. The second-order valence-electron chi connectivity index (χ2n) is 9.60. The number of esters is 1. The van der Waals surface area contributed by atoms with Crippen molar-refractivity contribution in [2.45, 2.75) is 104 Å². The van der Waals surface area contributed by atoms with Gasteiger partial charge < -0.3 is 14.8 Å². The highest BCUT2D eigenvalue weighted by Gasteiger charge is 2.43. The highest BCUT2D eigenvalue weighted by Crippen LogP contribution is 2.45.